The zero-order chi connectivity index (χ0) is 8.97. The third kappa shape index (κ3) is 2.46. The first-order valence-electron chi connectivity index (χ1n) is 5.14. The maximum Gasteiger partial charge on any atom is 0.0584 e. The molecule has 0 radical (unpaired) electrons. The number of aliphatic hydroxyl groups is 1. The van der Waals surface area contributed by atoms with Crippen LogP contribution in [-0.2, 0) is 0 Å². The van der Waals surface area contributed by atoms with E-state index in [0.29, 0.717) is 12.1 Å². The van der Waals surface area contributed by atoms with Crippen molar-refractivity contribution in [1.29, 1.82) is 0 Å². The quantitative estimate of drug-likeness (QED) is 0.672. The highest BCUT2D eigenvalue weighted by Gasteiger charge is 2.24. The van der Waals surface area contributed by atoms with Crippen LogP contribution in [0, 0.1) is 5.92 Å². The van der Waals surface area contributed by atoms with Crippen molar-refractivity contribution >= 4 is 0 Å². The van der Waals surface area contributed by atoms with Crippen LogP contribution in [-0.4, -0.2) is 23.8 Å². The number of hydrogen-bond donors (Lipinski definition) is 2. The average molecular weight is 171 g/mol. The van der Waals surface area contributed by atoms with E-state index in [9.17, 15) is 0 Å². The molecule has 1 rings (SSSR count). The van der Waals surface area contributed by atoms with Crippen LogP contribution >= 0.6 is 0 Å². The van der Waals surface area contributed by atoms with E-state index in [-0.39, 0.29) is 6.61 Å². The van der Waals surface area contributed by atoms with E-state index in [0.717, 1.165) is 12.3 Å². The van der Waals surface area contributed by atoms with E-state index in [1.54, 1.807) is 0 Å². The van der Waals surface area contributed by atoms with Crippen molar-refractivity contribution in [2.75, 3.05) is 6.61 Å². The molecular formula is C10H21NO. The van der Waals surface area contributed by atoms with Crippen LogP contribution in [0.1, 0.15) is 39.5 Å². The summed E-state index contributed by atoms with van der Waals surface area (Å²) in [5.74, 6) is 0.797. The van der Waals surface area contributed by atoms with E-state index in [1.165, 1.54) is 19.3 Å². The highest BCUT2D eigenvalue weighted by molar-refractivity contribution is 4.82. The number of aliphatic hydroxyl groups excluding tert-OH is 1. The minimum Gasteiger partial charge on any atom is -0.395 e. The summed E-state index contributed by atoms with van der Waals surface area (Å²) in [6.07, 6.45) is 5.01. The fourth-order valence-corrected chi connectivity index (χ4v) is 2.00. The van der Waals surface area contributed by atoms with Crippen LogP contribution in [0.15, 0.2) is 0 Å². The summed E-state index contributed by atoms with van der Waals surface area (Å²) in [4.78, 5) is 0. The molecule has 0 spiro atoms. The van der Waals surface area contributed by atoms with Gasteiger partial charge in [-0.2, -0.15) is 0 Å². The van der Waals surface area contributed by atoms with Gasteiger partial charge in [-0.3, -0.25) is 0 Å². The second kappa shape index (κ2) is 4.83. The van der Waals surface area contributed by atoms with Gasteiger partial charge in [0.2, 0.25) is 0 Å². The average Bonchev–Trinajstić information content (AvgIpc) is 2.47. The van der Waals surface area contributed by atoms with Gasteiger partial charge >= 0.3 is 0 Å². The molecule has 0 aliphatic heterocycles. The molecule has 0 saturated heterocycles. The van der Waals surface area contributed by atoms with E-state index in [4.69, 9.17) is 5.11 Å². The van der Waals surface area contributed by atoms with Gasteiger partial charge in [-0.25, -0.2) is 0 Å². The van der Waals surface area contributed by atoms with Gasteiger partial charge in [0.05, 0.1) is 6.61 Å². The summed E-state index contributed by atoms with van der Waals surface area (Å²) >= 11 is 0. The summed E-state index contributed by atoms with van der Waals surface area (Å²) in [5, 5.41) is 12.5. The molecule has 0 aromatic heterocycles. The molecular weight excluding hydrogens is 150 g/mol. The van der Waals surface area contributed by atoms with Crippen molar-refractivity contribution in [2.24, 2.45) is 5.92 Å². The molecule has 2 heteroatoms. The first-order chi connectivity index (χ1) is 5.77. The molecule has 2 nitrogen and oxygen atoms in total. The normalized spacial score (nSPS) is 32.2. The Balaban J connectivity index is 2.28. The van der Waals surface area contributed by atoms with Crippen LogP contribution < -0.4 is 5.32 Å². The van der Waals surface area contributed by atoms with Crippen molar-refractivity contribution in [3.8, 4) is 0 Å². The van der Waals surface area contributed by atoms with Crippen molar-refractivity contribution in [3.05, 3.63) is 0 Å². The molecule has 72 valence electrons. The minimum atomic E-state index is 0.278. The number of hydrogen-bond acceptors (Lipinski definition) is 2. The summed E-state index contributed by atoms with van der Waals surface area (Å²) in [7, 11) is 0. The fraction of sp³-hybridized carbons (Fsp3) is 1.00. The predicted octanol–water partition coefficient (Wildman–Crippen LogP) is 1.54. The van der Waals surface area contributed by atoms with Crippen LogP contribution in [0.2, 0.25) is 0 Å². The van der Waals surface area contributed by atoms with Crippen LogP contribution in [0.4, 0.5) is 0 Å². The lowest BCUT2D eigenvalue weighted by atomic mass is 10.0. The van der Waals surface area contributed by atoms with Crippen molar-refractivity contribution in [1.82, 2.24) is 5.32 Å². The molecule has 0 unspecified atom stereocenters. The van der Waals surface area contributed by atoms with Gasteiger partial charge in [-0.15, -0.1) is 0 Å². The lowest BCUT2D eigenvalue weighted by molar-refractivity contribution is 0.219. The third-order valence-corrected chi connectivity index (χ3v) is 3.02. The summed E-state index contributed by atoms with van der Waals surface area (Å²) < 4.78 is 0. The van der Waals surface area contributed by atoms with Gasteiger partial charge < -0.3 is 10.4 Å². The fourth-order valence-electron chi connectivity index (χ4n) is 2.00. The van der Waals surface area contributed by atoms with Gasteiger partial charge in [0.15, 0.2) is 0 Å². The first-order valence-corrected chi connectivity index (χ1v) is 5.14. The molecule has 2 N–H and O–H groups in total. The van der Waals surface area contributed by atoms with Gasteiger partial charge in [0.25, 0.3) is 0 Å². The lowest BCUT2D eigenvalue weighted by Gasteiger charge is -2.23. The van der Waals surface area contributed by atoms with Gasteiger partial charge in [-0.1, -0.05) is 20.3 Å². The maximum atomic E-state index is 9.01. The standard InChI is InChI=1S/C10H21NO/c1-3-9(7-12)11-10-6-4-5-8(10)2/h8-12H,3-7H2,1-2H3/t8-,9-,10-/m0/s1. The van der Waals surface area contributed by atoms with Crippen molar-refractivity contribution in [3.63, 3.8) is 0 Å². The van der Waals surface area contributed by atoms with Gasteiger partial charge in [0, 0.05) is 12.1 Å². The molecule has 12 heavy (non-hydrogen) atoms. The Labute approximate surface area is 75.4 Å². The summed E-state index contributed by atoms with van der Waals surface area (Å²) in [5.41, 5.74) is 0. The van der Waals surface area contributed by atoms with Crippen molar-refractivity contribution < 1.29 is 5.11 Å². The molecule has 0 amide bonds. The van der Waals surface area contributed by atoms with E-state index < -0.39 is 0 Å². The zero-order valence-corrected chi connectivity index (χ0v) is 8.21. The molecule has 0 aromatic carbocycles. The Bertz CT molecular complexity index is 123. The Morgan fingerprint density at radius 1 is 1.50 bits per heavy atom. The second-order valence-electron chi connectivity index (χ2n) is 3.97. The van der Waals surface area contributed by atoms with Crippen LogP contribution in [0.25, 0.3) is 0 Å². The Morgan fingerprint density at radius 3 is 2.67 bits per heavy atom. The minimum absolute atomic E-state index is 0.278. The Morgan fingerprint density at radius 2 is 2.25 bits per heavy atom. The van der Waals surface area contributed by atoms with E-state index in [1.807, 2.05) is 0 Å². The Kier molecular flexibility index (Phi) is 4.02. The van der Waals surface area contributed by atoms with Crippen LogP contribution in [0.5, 0.6) is 0 Å². The predicted molar refractivity (Wildman–Crippen MR) is 51.1 cm³/mol. The largest absolute Gasteiger partial charge is 0.395 e. The maximum absolute atomic E-state index is 9.01. The van der Waals surface area contributed by atoms with E-state index >= 15 is 0 Å². The summed E-state index contributed by atoms with van der Waals surface area (Å²) in [6.45, 7) is 4.70. The highest BCUT2D eigenvalue weighted by atomic mass is 16.3. The molecule has 1 aliphatic carbocycles. The summed E-state index contributed by atoms with van der Waals surface area (Å²) in [6, 6.07) is 0.970. The topological polar surface area (TPSA) is 32.3 Å². The second-order valence-corrected chi connectivity index (χ2v) is 3.97. The molecule has 0 heterocycles. The van der Waals surface area contributed by atoms with Gasteiger partial charge in [0.1, 0.15) is 0 Å². The SMILES string of the molecule is CC[C@@H](CO)N[C@H]1CCC[C@@H]1C. The van der Waals surface area contributed by atoms with Crippen molar-refractivity contribution in [2.45, 2.75) is 51.6 Å². The molecule has 0 bridgehead atoms. The Hall–Kier alpha value is -0.0800. The monoisotopic (exact) mass is 171 g/mol. The van der Waals surface area contributed by atoms with E-state index in [2.05, 4.69) is 19.2 Å². The smallest absolute Gasteiger partial charge is 0.0584 e. The molecule has 0 aromatic rings. The zero-order valence-electron chi connectivity index (χ0n) is 8.21. The third-order valence-electron chi connectivity index (χ3n) is 3.02. The molecule has 1 aliphatic rings. The number of nitrogens with one attached hydrogen (secondary N) is 1. The lowest BCUT2D eigenvalue weighted by Crippen LogP contribution is -2.41. The first kappa shape index (κ1) is 10.0. The number of rotatable bonds is 4. The van der Waals surface area contributed by atoms with Crippen LogP contribution in [0.3, 0.4) is 0 Å². The molecule has 1 fully saturated rings. The molecule has 3 atom stereocenters. The highest BCUT2D eigenvalue weighted by Crippen LogP contribution is 2.25. The molecule has 1 saturated carbocycles. The van der Waals surface area contributed by atoms with Gasteiger partial charge in [-0.05, 0) is 25.2 Å².